The molecule has 0 aliphatic carbocycles. The van der Waals surface area contributed by atoms with E-state index in [2.05, 4.69) is 17.1 Å². The molecule has 23 heavy (non-hydrogen) atoms. The highest BCUT2D eigenvalue weighted by Gasteiger charge is 2.23. The number of carbonyl (C=O) groups excluding carboxylic acids is 1. The van der Waals surface area contributed by atoms with Gasteiger partial charge in [0, 0.05) is 43.4 Å². The average molecular weight is 321 g/mol. The van der Waals surface area contributed by atoms with Gasteiger partial charge < -0.3 is 10.1 Å². The normalized spacial score (nSPS) is 21.9. The fraction of sp³-hybridized carbons (Fsp3) is 0.562. The largest absolute Gasteiger partial charge is 0.376 e. The molecule has 1 aliphatic rings. The maximum atomic E-state index is 12.1. The number of nitro groups is 1. The first-order chi connectivity index (χ1) is 10.9. The Labute approximate surface area is 135 Å². The quantitative estimate of drug-likeness (QED) is 0.664. The van der Waals surface area contributed by atoms with Crippen LogP contribution in [0.1, 0.15) is 25.8 Å². The minimum absolute atomic E-state index is 0.0247. The van der Waals surface area contributed by atoms with E-state index in [1.54, 1.807) is 13.0 Å². The predicted molar refractivity (Wildman–Crippen MR) is 87.5 cm³/mol. The maximum absolute atomic E-state index is 12.1. The third kappa shape index (κ3) is 4.74. The number of amides is 1. The Morgan fingerprint density at radius 1 is 1.48 bits per heavy atom. The number of morpholine rings is 1. The number of hydrogen-bond acceptors (Lipinski definition) is 5. The number of non-ortho nitro benzene ring substituents is 1. The van der Waals surface area contributed by atoms with Crippen LogP contribution in [0.2, 0.25) is 0 Å². The van der Waals surface area contributed by atoms with Gasteiger partial charge in [-0.15, -0.1) is 0 Å². The monoisotopic (exact) mass is 321 g/mol. The van der Waals surface area contributed by atoms with Crippen molar-refractivity contribution in [2.24, 2.45) is 0 Å². The summed E-state index contributed by atoms with van der Waals surface area (Å²) >= 11 is 0. The maximum Gasteiger partial charge on any atom is 0.269 e. The molecule has 2 rings (SSSR count). The van der Waals surface area contributed by atoms with E-state index in [4.69, 9.17) is 4.74 Å². The number of benzene rings is 1. The molecule has 2 atom stereocenters. The van der Waals surface area contributed by atoms with Crippen molar-refractivity contribution < 1.29 is 14.5 Å². The number of carbonyl (C=O) groups is 1. The van der Waals surface area contributed by atoms with Gasteiger partial charge in [0.1, 0.15) is 0 Å². The molecule has 0 bridgehead atoms. The van der Waals surface area contributed by atoms with Gasteiger partial charge in [-0.3, -0.25) is 19.8 Å². The SMILES string of the molecule is Cc1cc([N+](=O)[O-])ccc1NC(=O)CCN1CC(C)OCC1C. The van der Waals surface area contributed by atoms with Crippen molar-refractivity contribution in [2.45, 2.75) is 39.3 Å². The number of aryl methyl sites for hydroxylation is 1. The first kappa shape index (κ1) is 17.4. The van der Waals surface area contributed by atoms with Gasteiger partial charge in [0.15, 0.2) is 0 Å². The molecule has 0 saturated carbocycles. The van der Waals surface area contributed by atoms with Crippen LogP contribution in [-0.4, -0.2) is 47.6 Å². The summed E-state index contributed by atoms with van der Waals surface area (Å²) in [5.74, 6) is -0.0895. The van der Waals surface area contributed by atoms with Crippen LogP contribution in [0.4, 0.5) is 11.4 Å². The zero-order chi connectivity index (χ0) is 17.0. The molecule has 126 valence electrons. The van der Waals surface area contributed by atoms with Gasteiger partial charge in [-0.1, -0.05) is 0 Å². The zero-order valence-electron chi connectivity index (χ0n) is 13.7. The lowest BCUT2D eigenvalue weighted by Crippen LogP contribution is -2.48. The van der Waals surface area contributed by atoms with Crippen molar-refractivity contribution in [3.63, 3.8) is 0 Å². The van der Waals surface area contributed by atoms with Crippen molar-refractivity contribution in [2.75, 3.05) is 25.0 Å². The van der Waals surface area contributed by atoms with Crippen molar-refractivity contribution in [3.05, 3.63) is 33.9 Å². The molecule has 0 spiro atoms. The summed E-state index contributed by atoms with van der Waals surface area (Å²) in [6, 6.07) is 4.74. The Balaban J connectivity index is 1.88. The molecule has 1 saturated heterocycles. The van der Waals surface area contributed by atoms with E-state index in [9.17, 15) is 14.9 Å². The Morgan fingerprint density at radius 3 is 2.87 bits per heavy atom. The second-order valence-corrected chi connectivity index (χ2v) is 6.04. The standard InChI is InChI=1S/C16H23N3O4/c1-11-8-14(19(21)22)4-5-15(11)17-16(20)6-7-18-9-13(3)23-10-12(18)2/h4-5,8,12-13H,6-7,9-10H2,1-3H3,(H,17,20). The number of anilines is 1. The molecule has 2 unspecified atom stereocenters. The van der Waals surface area contributed by atoms with E-state index < -0.39 is 4.92 Å². The highest BCUT2D eigenvalue weighted by molar-refractivity contribution is 5.91. The summed E-state index contributed by atoms with van der Waals surface area (Å²) in [5, 5.41) is 13.5. The molecule has 7 nitrogen and oxygen atoms in total. The lowest BCUT2D eigenvalue weighted by atomic mass is 10.1. The second-order valence-electron chi connectivity index (χ2n) is 6.04. The first-order valence-electron chi connectivity index (χ1n) is 7.77. The summed E-state index contributed by atoms with van der Waals surface area (Å²) in [7, 11) is 0. The van der Waals surface area contributed by atoms with E-state index in [1.807, 2.05) is 6.92 Å². The summed E-state index contributed by atoms with van der Waals surface area (Å²) in [6.45, 7) is 8.04. The molecule has 1 fully saturated rings. The fourth-order valence-corrected chi connectivity index (χ4v) is 2.64. The van der Waals surface area contributed by atoms with Crippen molar-refractivity contribution in [1.29, 1.82) is 0 Å². The van der Waals surface area contributed by atoms with Gasteiger partial charge in [0.05, 0.1) is 17.6 Å². The van der Waals surface area contributed by atoms with E-state index in [0.29, 0.717) is 36.9 Å². The molecule has 1 aliphatic heterocycles. The molecular formula is C16H23N3O4. The van der Waals surface area contributed by atoms with Gasteiger partial charge in [0.2, 0.25) is 5.91 Å². The van der Waals surface area contributed by atoms with Crippen LogP contribution in [-0.2, 0) is 9.53 Å². The molecule has 1 N–H and O–H groups in total. The van der Waals surface area contributed by atoms with Crippen LogP contribution >= 0.6 is 0 Å². The van der Waals surface area contributed by atoms with E-state index in [1.165, 1.54) is 12.1 Å². The van der Waals surface area contributed by atoms with E-state index in [0.717, 1.165) is 6.54 Å². The Kier molecular flexibility index (Phi) is 5.68. The predicted octanol–water partition coefficient (Wildman–Crippen LogP) is 2.34. The number of rotatable bonds is 5. The Bertz CT molecular complexity index is 591. The minimum Gasteiger partial charge on any atom is -0.376 e. The van der Waals surface area contributed by atoms with Crippen LogP contribution in [0.15, 0.2) is 18.2 Å². The average Bonchev–Trinajstić information content (AvgIpc) is 2.50. The van der Waals surface area contributed by atoms with Gasteiger partial charge in [-0.05, 0) is 32.4 Å². The molecule has 1 heterocycles. The van der Waals surface area contributed by atoms with Crippen LogP contribution in [0, 0.1) is 17.0 Å². The Morgan fingerprint density at radius 2 is 2.22 bits per heavy atom. The molecular weight excluding hydrogens is 298 g/mol. The van der Waals surface area contributed by atoms with Crippen molar-refractivity contribution in [1.82, 2.24) is 4.90 Å². The van der Waals surface area contributed by atoms with Crippen LogP contribution < -0.4 is 5.32 Å². The molecule has 1 aromatic rings. The van der Waals surface area contributed by atoms with Crippen LogP contribution in [0.25, 0.3) is 0 Å². The number of nitrogens with zero attached hydrogens (tertiary/aromatic N) is 2. The molecule has 1 amide bonds. The number of nitro benzene ring substituents is 1. The number of hydrogen-bond donors (Lipinski definition) is 1. The van der Waals surface area contributed by atoms with Gasteiger partial charge >= 0.3 is 0 Å². The lowest BCUT2D eigenvalue weighted by molar-refractivity contribution is -0.384. The van der Waals surface area contributed by atoms with Crippen LogP contribution in [0.5, 0.6) is 0 Å². The summed E-state index contributed by atoms with van der Waals surface area (Å²) in [5.41, 5.74) is 1.32. The molecule has 1 aromatic carbocycles. The smallest absolute Gasteiger partial charge is 0.269 e. The van der Waals surface area contributed by atoms with E-state index in [-0.39, 0.29) is 17.7 Å². The third-order valence-electron chi connectivity index (χ3n) is 4.06. The number of ether oxygens (including phenoxy) is 1. The van der Waals surface area contributed by atoms with Crippen molar-refractivity contribution >= 4 is 17.3 Å². The van der Waals surface area contributed by atoms with Crippen LogP contribution in [0.3, 0.4) is 0 Å². The van der Waals surface area contributed by atoms with Crippen molar-refractivity contribution in [3.8, 4) is 0 Å². The van der Waals surface area contributed by atoms with Gasteiger partial charge in [0.25, 0.3) is 5.69 Å². The molecule has 0 radical (unpaired) electrons. The lowest BCUT2D eigenvalue weighted by Gasteiger charge is -2.36. The van der Waals surface area contributed by atoms with E-state index >= 15 is 0 Å². The summed E-state index contributed by atoms with van der Waals surface area (Å²) < 4.78 is 5.57. The summed E-state index contributed by atoms with van der Waals surface area (Å²) in [4.78, 5) is 24.6. The van der Waals surface area contributed by atoms with Gasteiger partial charge in [-0.25, -0.2) is 0 Å². The topological polar surface area (TPSA) is 84.7 Å². The fourth-order valence-electron chi connectivity index (χ4n) is 2.64. The molecule has 7 heteroatoms. The highest BCUT2D eigenvalue weighted by atomic mass is 16.6. The summed E-state index contributed by atoms with van der Waals surface area (Å²) in [6.07, 6.45) is 0.569. The molecule has 0 aromatic heterocycles. The zero-order valence-corrected chi connectivity index (χ0v) is 13.7. The van der Waals surface area contributed by atoms with Gasteiger partial charge in [-0.2, -0.15) is 0 Å². The first-order valence-corrected chi connectivity index (χ1v) is 7.77. The number of nitrogens with one attached hydrogen (secondary N) is 1. The Hall–Kier alpha value is -1.99. The highest BCUT2D eigenvalue weighted by Crippen LogP contribution is 2.21. The second kappa shape index (κ2) is 7.52. The third-order valence-corrected chi connectivity index (χ3v) is 4.06. The minimum atomic E-state index is -0.445.